The van der Waals surface area contributed by atoms with Gasteiger partial charge in [0.05, 0.1) is 12.7 Å². The number of hydrogen-bond donors (Lipinski definition) is 2. The summed E-state index contributed by atoms with van der Waals surface area (Å²) in [7, 11) is 1.54. The van der Waals surface area contributed by atoms with E-state index in [0.717, 1.165) is 26.9 Å². The van der Waals surface area contributed by atoms with E-state index in [1.807, 2.05) is 33.8 Å². The van der Waals surface area contributed by atoms with Crippen LogP contribution in [0.2, 0.25) is 0 Å². The van der Waals surface area contributed by atoms with E-state index in [1.54, 1.807) is 13.2 Å². The number of methoxy groups -OCH3 is 1. The topological polar surface area (TPSA) is 50.4 Å². The molecule has 0 unspecified atom stereocenters. The molecule has 0 aromatic heterocycles. The summed E-state index contributed by atoms with van der Waals surface area (Å²) in [6.07, 6.45) is 0. The van der Waals surface area contributed by atoms with Gasteiger partial charge in [-0.2, -0.15) is 0 Å². The molecule has 0 saturated carbocycles. The number of ether oxygens (including phenoxy) is 1. The highest BCUT2D eigenvalue weighted by atomic mass is 79.9. The summed E-state index contributed by atoms with van der Waals surface area (Å²) in [5.74, 6) is 0.215. The van der Waals surface area contributed by atoms with Crippen LogP contribution >= 0.6 is 28.1 Å². The first-order valence-electron chi connectivity index (χ1n) is 7.77. The number of thiocarbonyl (C=S) groups is 1. The van der Waals surface area contributed by atoms with Crippen LogP contribution < -0.4 is 15.4 Å². The van der Waals surface area contributed by atoms with E-state index in [4.69, 9.17) is 17.0 Å². The normalized spacial score (nSPS) is 10.3. The van der Waals surface area contributed by atoms with Crippen LogP contribution in [-0.4, -0.2) is 18.1 Å². The van der Waals surface area contributed by atoms with E-state index >= 15 is 0 Å². The van der Waals surface area contributed by atoms with Gasteiger partial charge in [-0.25, -0.2) is 0 Å². The van der Waals surface area contributed by atoms with Crippen molar-refractivity contribution < 1.29 is 9.53 Å². The van der Waals surface area contributed by atoms with Crippen molar-refractivity contribution in [2.45, 2.75) is 27.7 Å². The molecule has 132 valence electrons. The van der Waals surface area contributed by atoms with E-state index in [9.17, 15) is 4.79 Å². The fourth-order valence-electron chi connectivity index (χ4n) is 2.86. The number of halogens is 1. The Bertz CT molecular complexity index is 827. The maximum absolute atomic E-state index is 12.6. The molecular formula is C19H21BrN2O2S. The molecule has 2 N–H and O–H groups in total. The number of carbonyl (C=O) groups is 1. The number of carbonyl (C=O) groups excluding carboxylic acids is 1. The zero-order valence-electron chi connectivity index (χ0n) is 14.9. The smallest absolute Gasteiger partial charge is 0.261 e. The van der Waals surface area contributed by atoms with Crippen LogP contribution in [0.1, 0.15) is 32.6 Å². The van der Waals surface area contributed by atoms with Crippen molar-refractivity contribution in [3.63, 3.8) is 0 Å². The minimum atomic E-state index is -0.318. The van der Waals surface area contributed by atoms with Crippen LogP contribution in [0.25, 0.3) is 0 Å². The molecule has 2 aromatic carbocycles. The van der Waals surface area contributed by atoms with E-state index in [2.05, 4.69) is 38.7 Å². The molecular weight excluding hydrogens is 400 g/mol. The molecule has 0 atom stereocenters. The molecule has 0 aliphatic rings. The van der Waals surface area contributed by atoms with Gasteiger partial charge in [0.1, 0.15) is 5.75 Å². The van der Waals surface area contributed by atoms with Gasteiger partial charge in [-0.1, -0.05) is 33.6 Å². The standard InChI is InChI=1S/C19H21BrN2O2S/c1-10-6-11(2)16(12(3)7-10)21-19(25)22-18(23)15-9-14(20)8-13(4)17(15)24-5/h6-9H,1-5H3,(H2,21,22,23,25). The lowest BCUT2D eigenvalue weighted by Crippen LogP contribution is -2.34. The van der Waals surface area contributed by atoms with Crippen molar-refractivity contribution in [1.82, 2.24) is 5.32 Å². The van der Waals surface area contributed by atoms with Crippen LogP contribution in [-0.2, 0) is 0 Å². The number of aryl methyl sites for hydroxylation is 4. The lowest BCUT2D eigenvalue weighted by Gasteiger charge is -2.16. The minimum Gasteiger partial charge on any atom is -0.496 e. The maximum Gasteiger partial charge on any atom is 0.261 e. The molecule has 0 bridgehead atoms. The Morgan fingerprint density at radius 1 is 1.04 bits per heavy atom. The van der Waals surface area contributed by atoms with Crippen LogP contribution in [0.3, 0.4) is 0 Å². The van der Waals surface area contributed by atoms with E-state index < -0.39 is 0 Å². The summed E-state index contributed by atoms with van der Waals surface area (Å²) in [5, 5.41) is 6.09. The fraction of sp³-hybridized carbons (Fsp3) is 0.263. The predicted octanol–water partition coefficient (Wildman–Crippen LogP) is 4.82. The SMILES string of the molecule is COc1c(C)cc(Br)cc1C(=O)NC(=S)Nc1c(C)cc(C)cc1C. The summed E-state index contributed by atoms with van der Waals surface area (Å²) in [5.41, 5.74) is 5.54. The summed E-state index contributed by atoms with van der Waals surface area (Å²) in [4.78, 5) is 12.6. The van der Waals surface area contributed by atoms with Crippen molar-refractivity contribution in [1.29, 1.82) is 0 Å². The third kappa shape index (κ3) is 4.58. The second kappa shape index (κ2) is 7.97. The Labute approximate surface area is 162 Å². The highest BCUT2D eigenvalue weighted by Gasteiger charge is 2.17. The van der Waals surface area contributed by atoms with Crippen LogP contribution in [0.4, 0.5) is 5.69 Å². The third-order valence-corrected chi connectivity index (χ3v) is 4.49. The zero-order chi connectivity index (χ0) is 18.7. The summed E-state index contributed by atoms with van der Waals surface area (Å²) in [6.45, 7) is 7.95. The number of amides is 1. The average molecular weight is 421 g/mol. The molecule has 6 heteroatoms. The van der Waals surface area contributed by atoms with Gasteiger partial charge in [0.15, 0.2) is 5.11 Å². The van der Waals surface area contributed by atoms with E-state index in [0.29, 0.717) is 11.3 Å². The number of hydrogen-bond acceptors (Lipinski definition) is 3. The largest absolute Gasteiger partial charge is 0.496 e. The zero-order valence-corrected chi connectivity index (χ0v) is 17.3. The Hall–Kier alpha value is -1.92. The van der Waals surface area contributed by atoms with E-state index in [-0.39, 0.29) is 11.0 Å². The lowest BCUT2D eigenvalue weighted by atomic mass is 10.1. The first kappa shape index (κ1) is 19.4. The molecule has 0 spiro atoms. The van der Waals surface area contributed by atoms with Gasteiger partial charge < -0.3 is 10.1 Å². The molecule has 0 aliphatic carbocycles. The lowest BCUT2D eigenvalue weighted by molar-refractivity contribution is 0.0974. The fourth-order valence-corrected chi connectivity index (χ4v) is 3.63. The average Bonchev–Trinajstić information content (AvgIpc) is 2.50. The Kier molecular flexibility index (Phi) is 6.19. The van der Waals surface area contributed by atoms with Gasteiger partial charge in [0.25, 0.3) is 5.91 Å². The minimum absolute atomic E-state index is 0.250. The second-order valence-corrected chi connectivity index (χ2v) is 7.31. The first-order chi connectivity index (χ1) is 11.7. The summed E-state index contributed by atoms with van der Waals surface area (Å²) in [6, 6.07) is 7.75. The van der Waals surface area contributed by atoms with Crippen molar-refractivity contribution in [3.05, 3.63) is 56.6 Å². The van der Waals surface area contributed by atoms with Gasteiger partial charge in [0, 0.05) is 10.2 Å². The molecule has 4 nitrogen and oxygen atoms in total. The molecule has 0 saturated heterocycles. The molecule has 2 aromatic rings. The molecule has 0 heterocycles. The van der Waals surface area contributed by atoms with E-state index in [1.165, 1.54) is 5.56 Å². The highest BCUT2D eigenvalue weighted by Crippen LogP contribution is 2.28. The summed E-state index contributed by atoms with van der Waals surface area (Å²) < 4.78 is 6.16. The maximum atomic E-state index is 12.6. The van der Waals surface area contributed by atoms with Gasteiger partial charge in [-0.05, 0) is 68.7 Å². The predicted molar refractivity (Wildman–Crippen MR) is 110 cm³/mol. The summed E-state index contributed by atoms with van der Waals surface area (Å²) >= 11 is 8.72. The molecule has 0 aliphatic heterocycles. The Morgan fingerprint density at radius 3 is 2.20 bits per heavy atom. The number of nitrogens with one attached hydrogen (secondary N) is 2. The highest BCUT2D eigenvalue weighted by molar-refractivity contribution is 9.10. The molecule has 25 heavy (non-hydrogen) atoms. The van der Waals surface area contributed by atoms with Crippen molar-refractivity contribution in [2.24, 2.45) is 0 Å². The van der Waals surface area contributed by atoms with Gasteiger partial charge in [-0.3, -0.25) is 10.1 Å². The Morgan fingerprint density at radius 2 is 1.64 bits per heavy atom. The number of benzene rings is 2. The molecule has 0 radical (unpaired) electrons. The number of rotatable bonds is 3. The Balaban J connectivity index is 2.21. The van der Waals surface area contributed by atoms with Crippen molar-refractivity contribution in [2.75, 3.05) is 12.4 Å². The van der Waals surface area contributed by atoms with Crippen molar-refractivity contribution in [3.8, 4) is 5.75 Å². The molecule has 1 amide bonds. The van der Waals surface area contributed by atoms with Gasteiger partial charge in [-0.15, -0.1) is 0 Å². The quantitative estimate of drug-likeness (QED) is 0.698. The second-order valence-electron chi connectivity index (χ2n) is 5.99. The molecule has 0 fully saturated rings. The van der Waals surface area contributed by atoms with Crippen LogP contribution in [0.5, 0.6) is 5.75 Å². The van der Waals surface area contributed by atoms with Crippen molar-refractivity contribution >= 4 is 44.9 Å². The van der Waals surface area contributed by atoms with Gasteiger partial charge in [0.2, 0.25) is 0 Å². The van der Waals surface area contributed by atoms with Crippen LogP contribution in [0, 0.1) is 27.7 Å². The monoisotopic (exact) mass is 420 g/mol. The molecule has 2 rings (SSSR count). The van der Waals surface area contributed by atoms with Gasteiger partial charge >= 0.3 is 0 Å². The number of anilines is 1. The third-order valence-electron chi connectivity index (χ3n) is 3.83. The first-order valence-corrected chi connectivity index (χ1v) is 8.97. The van der Waals surface area contributed by atoms with Crippen LogP contribution in [0.15, 0.2) is 28.7 Å².